The molecule has 1 aliphatic heterocycles. The summed E-state index contributed by atoms with van der Waals surface area (Å²) < 4.78 is 0. The van der Waals surface area contributed by atoms with Gasteiger partial charge in [0.1, 0.15) is 5.75 Å². The van der Waals surface area contributed by atoms with Crippen LogP contribution in [0.15, 0.2) is 42.5 Å². The van der Waals surface area contributed by atoms with Crippen LogP contribution in [0.25, 0.3) is 0 Å². The number of benzene rings is 2. The third kappa shape index (κ3) is 4.83. The molecule has 8 heteroatoms. The molecule has 2 amide bonds. The van der Waals surface area contributed by atoms with Crippen LogP contribution in [-0.4, -0.2) is 51.3 Å². The third-order valence-electron chi connectivity index (χ3n) is 5.29. The highest BCUT2D eigenvalue weighted by Crippen LogP contribution is 2.27. The minimum atomic E-state index is -0.572. The van der Waals surface area contributed by atoms with Crippen molar-refractivity contribution in [3.8, 4) is 5.75 Å². The number of amides is 2. The second-order valence-electron chi connectivity index (χ2n) is 7.35. The van der Waals surface area contributed by atoms with E-state index in [2.05, 4.69) is 11.8 Å². The summed E-state index contributed by atoms with van der Waals surface area (Å²) in [6.45, 7) is 4.90. The number of aromatic hydroxyl groups is 1. The second kappa shape index (κ2) is 9.49. The lowest BCUT2D eigenvalue weighted by atomic mass is 10.1. The number of carbonyl (C=O) groups is 2. The van der Waals surface area contributed by atoms with Gasteiger partial charge in [-0.05, 0) is 49.7 Å². The van der Waals surface area contributed by atoms with Crippen LogP contribution in [0.2, 0.25) is 0 Å². The van der Waals surface area contributed by atoms with Gasteiger partial charge in [-0.3, -0.25) is 29.5 Å². The van der Waals surface area contributed by atoms with Crippen molar-refractivity contribution in [2.45, 2.75) is 32.7 Å². The SMILES string of the molecule is CCN(CCCCCN1C(=O)c2ccc([N+](=O)[O-])cc2C1=O)Cc1cccc(O)c1. The molecule has 8 nitrogen and oxygen atoms in total. The maximum Gasteiger partial charge on any atom is 0.270 e. The molecule has 158 valence electrons. The summed E-state index contributed by atoms with van der Waals surface area (Å²) >= 11 is 0. The number of imide groups is 1. The Balaban J connectivity index is 1.46. The molecule has 2 aromatic carbocycles. The molecule has 30 heavy (non-hydrogen) atoms. The normalized spacial score (nSPS) is 13.2. The lowest BCUT2D eigenvalue weighted by Gasteiger charge is -2.21. The molecule has 0 saturated carbocycles. The van der Waals surface area contributed by atoms with E-state index >= 15 is 0 Å². The minimum Gasteiger partial charge on any atom is -0.508 e. The molecule has 1 heterocycles. The molecule has 0 saturated heterocycles. The van der Waals surface area contributed by atoms with Gasteiger partial charge in [0, 0.05) is 25.2 Å². The van der Waals surface area contributed by atoms with E-state index in [1.54, 1.807) is 12.1 Å². The summed E-state index contributed by atoms with van der Waals surface area (Å²) in [4.78, 5) is 38.7. The highest BCUT2D eigenvalue weighted by molar-refractivity contribution is 6.21. The van der Waals surface area contributed by atoms with E-state index in [1.807, 2.05) is 12.1 Å². The van der Waals surface area contributed by atoms with Crippen molar-refractivity contribution in [2.75, 3.05) is 19.6 Å². The fourth-order valence-corrected chi connectivity index (χ4v) is 3.64. The van der Waals surface area contributed by atoms with Gasteiger partial charge in [-0.25, -0.2) is 0 Å². The fourth-order valence-electron chi connectivity index (χ4n) is 3.64. The molecule has 0 atom stereocenters. The molecule has 0 unspecified atom stereocenters. The van der Waals surface area contributed by atoms with Crippen LogP contribution in [0.3, 0.4) is 0 Å². The summed E-state index contributed by atoms with van der Waals surface area (Å²) in [6, 6.07) is 11.0. The average Bonchev–Trinajstić information content (AvgIpc) is 2.96. The topological polar surface area (TPSA) is 104 Å². The molecule has 2 aromatic rings. The number of phenols is 1. The maximum atomic E-state index is 12.5. The Morgan fingerprint density at radius 1 is 1.03 bits per heavy atom. The minimum absolute atomic E-state index is 0.109. The zero-order valence-corrected chi connectivity index (χ0v) is 16.9. The smallest absolute Gasteiger partial charge is 0.270 e. The number of nitro benzene ring substituents is 1. The lowest BCUT2D eigenvalue weighted by molar-refractivity contribution is -0.384. The van der Waals surface area contributed by atoms with Crippen LogP contribution < -0.4 is 0 Å². The lowest BCUT2D eigenvalue weighted by Crippen LogP contribution is -2.31. The van der Waals surface area contributed by atoms with E-state index in [1.165, 1.54) is 23.1 Å². The number of hydrogen-bond donors (Lipinski definition) is 1. The van der Waals surface area contributed by atoms with Crippen molar-refractivity contribution < 1.29 is 19.6 Å². The standard InChI is InChI=1S/C22H25N3O5/c1-2-23(15-16-7-6-8-18(26)13-16)11-4-3-5-12-24-21(27)19-10-9-17(25(29)30)14-20(19)22(24)28/h6-10,13-14,26H,2-5,11-12,15H2,1H3. The Morgan fingerprint density at radius 3 is 2.50 bits per heavy atom. The van der Waals surface area contributed by atoms with E-state index in [9.17, 15) is 24.8 Å². The summed E-state index contributed by atoms with van der Waals surface area (Å²) in [5, 5.41) is 20.5. The van der Waals surface area contributed by atoms with Crippen LogP contribution in [0.4, 0.5) is 5.69 Å². The van der Waals surface area contributed by atoms with Crippen LogP contribution in [0, 0.1) is 10.1 Å². The number of carbonyl (C=O) groups excluding carboxylic acids is 2. The van der Waals surface area contributed by atoms with Gasteiger partial charge >= 0.3 is 0 Å². The monoisotopic (exact) mass is 411 g/mol. The summed E-state index contributed by atoms with van der Waals surface area (Å²) in [5.74, 6) is -0.587. The van der Waals surface area contributed by atoms with Gasteiger partial charge in [0.15, 0.2) is 0 Å². The van der Waals surface area contributed by atoms with Crippen LogP contribution in [-0.2, 0) is 6.54 Å². The molecular formula is C22H25N3O5. The number of phenolic OH excluding ortho intramolecular Hbond substituents is 1. The second-order valence-corrected chi connectivity index (χ2v) is 7.35. The van der Waals surface area contributed by atoms with Gasteiger partial charge in [0.05, 0.1) is 16.1 Å². The first-order valence-corrected chi connectivity index (χ1v) is 10.1. The maximum absolute atomic E-state index is 12.5. The zero-order chi connectivity index (χ0) is 21.7. The fraction of sp³-hybridized carbons (Fsp3) is 0.364. The molecule has 1 N–H and O–H groups in total. The molecule has 0 fully saturated rings. The van der Waals surface area contributed by atoms with E-state index in [0.29, 0.717) is 13.0 Å². The largest absolute Gasteiger partial charge is 0.508 e. The van der Waals surface area contributed by atoms with Gasteiger partial charge in [-0.2, -0.15) is 0 Å². The Kier molecular flexibility index (Phi) is 6.79. The Hall–Kier alpha value is -3.26. The molecule has 1 aliphatic rings. The Labute approximate surface area is 174 Å². The van der Waals surface area contributed by atoms with Crippen molar-refractivity contribution in [3.05, 3.63) is 69.3 Å². The molecule has 0 radical (unpaired) electrons. The van der Waals surface area contributed by atoms with E-state index in [0.717, 1.165) is 38.0 Å². The van der Waals surface area contributed by atoms with Crippen molar-refractivity contribution in [1.82, 2.24) is 9.80 Å². The van der Waals surface area contributed by atoms with Crippen molar-refractivity contribution in [3.63, 3.8) is 0 Å². The average molecular weight is 411 g/mol. The predicted molar refractivity (Wildman–Crippen MR) is 111 cm³/mol. The first kappa shape index (κ1) is 21.4. The van der Waals surface area contributed by atoms with Gasteiger partial charge in [0.25, 0.3) is 17.5 Å². The van der Waals surface area contributed by atoms with Crippen molar-refractivity contribution >= 4 is 17.5 Å². The first-order chi connectivity index (χ1) is 14.4. The number of hydrogen-bond acceptors (Lipinski definition) is 6. The number of fused-ring (bicyclic) bond motifs is 1. The highest BCUT2D eigenvalue weighted by atomic mass is 16.6. The molecular weight excluding hydrogens is 386 g/mol. The molecule has 0 aromatic heterocycles. The first-order valence-electron chi connectivity index (χ1n) is 10.1. The Bertz CT molecular complexity index is 960. The number of nitro groups is 1. The summed E-state index contributed by atoms with van der Waals surface area (Å²) in [5.41, 5.74) is 1.20. The van der Waals surface area contributed by atoms with Gasteiger partial charge in [-0.15, -0.1) is 0 Å². The number of nitrogens with zero attached hydrogens (tertiary/aromatic N) is 3. The van der Waals surface area contributed by atoms with Crippen LogP contribution in [0.5, 0.6) is 5.75 Å². The highest BCUT2D eigenvalue weighted by Gasteiger charge is 2.36. The van der Waals surface area contributed by atoms with Gasteiger partial charge < -0.3 is 5.11 Å². The van der Waals surface area contributed by atoms with Crippen LogP contribution >= 0.6 is 0 Å². The quantitative estimate of drug-likeness (QED) is 0.277. The van der Waals surface area contributed by atoms with Crippen molar-refractivity contribution in [2.24, 2.45) is 0 Å². The predicted octanol–water partition coefficient (Wildman–Crippen LogP) is 3.59. The van der Waals surface area contributed by atoms with Crippen molar-refractivity contribution in [1.29, 1.82) is 0 Å². The third-order valence-corrected chi connectivity index (χ3v) is 5.29. The molecule has 3 rings (SSSR count). The molecule has 0 aliphatic carbocycles. The van der Waals surface area contributed by atoms with Gasteiger partial charge in [0.2, 0.25) is 0 Å². The van der Waals surface area contributed by atoms with E-state index in [-0.39, 0.29) is 28.5 Å². The van der Waals surface area contributed by atoms with Crippen LogP contribution in [0.1, 0.15) is 52.5 Å². The van der Waals surface area contributed by atoms with E-state index in [4.69, 9.17) is 0 Å². The summed E-state index contributed by atoms with van der Waals surface area (Å²) in [7, 11) is 0. The number of non-ortho nitro benzene ring substituents is 1. The van der Waals surface area contributed by atoms with Gasteiger partial charge in [-0.1, -0.05) is 25.5 Å². The number of rotatable bonds is 10. The Morgan fingerprint density at radius 2 is 1.80 bits per heavy atom. The molecule has 0 spiro atoms. The summed E-state index contributed by atoms with van der Waals surface area (Å²) in [6.07, 6.45) is 2.45. The molecule has 0 bridgehead atoms. The van der Waals surface area contributed by atoms with E-state index < -0.39 is 10.8 Å². The zero-order valence-electron chi connectivity index (χ0n) is 16.9. The number of unbranched alkanes of at least 4 members (excludes halogenated alkanes) is 2.